The molecule has 1 aliphatic heterocycles. The van der Waals surface area contributed by atoms with Crippen LogP contribution in [-0.2, 0) is 4.79 Å². The zero-order chi connectivity index (χ0) is 29.3. The number of carbonyl (C=O) groups excluding carboxylic acids is 1. The van der Waals surface area contributed by atoms with Gasteiger partial charge in [0, 0.05) is 36.5 Å². The number of fused-ring (bicyclic) bond motifs is 1. The topological polar surface area (TPSA) is 123 Å². The zero-order valence-corrected chi connectivity index (χ0v) is 24.9. The zero-order valence-electron chi connectivity index (χ0n) is 23.3. The maximum Gasteiger partial charge on any atom is 0.271 e. The molecule has 1 amide bonds. The average molecular weight is 592 g/mol. The Bertz CT molecular complexity index is 1890. The van der Waals surface area contributed by atoms with Crippen molar-refractivity contribution in [2.75, 3.05) is 20.2 Å². The van der Waals surface area contributed by atoms with Crippen molar-refractivity contribution < 1.29 is 13.9 Å². The second-order valence-electron chi connectivity index (χ2n) is 9.25. The molecule has 0 fully saturated rings. The van der Waals surface area contributed by atoms with Gasteiger partial charge in [-0.15, -0.1) is 0 Å². The largest absolute Gasteiger partial charge is 0.496 e. The van der Waals surface area contributed by atoms with Gasteiger partial charge in [0.2, 0.25) is 0 Å². The Morgan fingerprint density at radius 2 is 1.95 bits per heavy atom. The standard InChI is InChI=1S/C29H29N5O5S2/c1-6-33(7-2)27(37)24-17(4)31-29-34(25(24)19-10-8-9-11-20(19)38-5)26(36)21(40-29)15-18-12-13-23(39-18)41-28-30-16(3)14-22(35)32-28/h8-15,25H,6-7H2,1-5H3,(H,30,32,35)/b21-15-/t25-/m1/s1. The first-order valence-corrected chi connectivity index (χ1v) is 14.7. The van der Waals surface area contributed by atoms with Gasteiger partial charge in [-0.1, -0.05) is 29.5 Å². The van der Waals surface area contributed by atoms with Crippen LogP contribution >= 0.6 is 23.1 Å². The van der Waals surface area contributed by atoms with Crippen molar-refractivity contribution in [3.63, 3.8) is 0 Å². The molecule has 1 aromatic carbocycles. The molecule has 4 aromatic rings. The average Bonchev–Trinajstić information content (AvgIpc) is 3.50. The van der Waals surface area contributed by atoms with Crippen LogP contribution in [0.2, 0.25) is 0 Å². The molecule has 12 heteroatoms. The van der Waals surface area contributed by atoms with Gasteiger partial charge in [-0.2, -0.15) is 0 Å². The number of nitrogens with one attached hydrogen (secondary N) is 1. The third-order valence-corrected chi connectivity index (χ3v) is 8.45. The third kappa shape index (κ3) is 5.57. The minimum absolute atomic E-state index is 0.170. The second kappa shape index (κ2) is 11.8. The van der Waals surface area contributed by atoms with Crippen LogP contribution in [0, 0.1) is 6.92 Å². The molecule has 0 aliphatic carbocycles. The molecular formula is C29H29N5O5S2. The van der Waals surface area contributed by atoms with Crippen LogP contribution in [0.4, 0.5) is 0 Å². The number of likely N-dealkylation sites (N-methyl/N-ethyl adjacent to an activating group) is 1. The normalized spacial score (nSPS) is 15.0. The number of H-pyrrole nitrogens is 1. The van der Waals surface area contributed by atoms with E-state index in [9.17, 15) is 14.4 Å². The highest BCUT2D eigenvalue weighted by Gasteiger charge is 2.35. The minimum atomic E-state index is -0.718. The SMILES string of the molecule is CCN(CC)C(=O)C1=C(C)N=c2s/c(=C\c3ccc(Sc4nc(C)cc(=O)[nH]4)o3)c(=O)n2[C@@H]1c1ccccc1OC. The number of para-hydroxylation sites is 1. The van der Waals surface area contributed by atoms with Crippen LogP contribution in [-0.4, -0.2) is 45.5 Å². The molecule has 1 atom stereocenters. The summed E-state index contributed by atoms with van der Waals surface area (Å²) in [6.07, 6.45) is 1.66. The maximum absolute atomic E-state index is 14.0. The van der Waals surface area contributed by atoms with E-state index in [1.807, 2.05) is 38.1 Å². The summed E-state index contributed by atoms with van der Waals surface area (Å²) < 4.78 is 13.6. The second-order valence-corrected chi connectivity index (χ2v) is 11.3. The van der Waals surface area contributed by atoms with Crippen molar-refractivity contribution in [2.45, 2.75) is 44.0 Å². The fourth-order valence-corrected chi connectivity index (χ4v) is 6.59. The van der Waals surface area contributed by atoms with Crippen molar-refractivity contribution in [2.24, 2.45) is 4.99 Å². The van der Waals surface area contributed by atoms with Crippen molar-refractivity contribution >= 4 is 35.1 Å². The van der Waals surface area contributed by atoms with Crippen LogP contribution in [0.5, 0.6) is 5.75 Å². The lowest BCUT2D eigenvalue weighted by Crippen LogP contribution is -2.43. The minimum Gasteiger partial charge on any atom is -0.496 e. The van der Waals surface area contributed by atoms with Crippen molar-refractivity contribution in [3.05, 3.63) is 101 Å². The number of hydrogen-bond acceptors (Lipinski definition) is 9. The summed E-state index contributed by atoms with van der Waals surface area (Å²) in [5, 5.41) is 0.917. The number of methoxy groups -OCH3 is 1. The van der Waals surface area contributed by atoms with Crippen molar-refractivity contribution in [1.29, 1.82) is 0 Å². The van der Waals surface area contributed by atoms with Gasteiger partial charge in [0.05, 0.1) is 22.9 Å². The number of rotatable bonds is 8. The lowest BCUT2D eigenvalue weighted by Gasteiger charge is -2.29. The maximum atomic E-state index is 14.0. The van der Waals surface area contributed by atoms with E-state index in [0.29, 0.717) is 66.7 Å². The first kappa shape index (κ1) is 28.4. The number of aromatic amines is 1. The van der Waals surface area contributed by atoms with Crippen LogP contribution in [0.3, 0.4) is 0 Å². The summed E-state index contributed by atoms with van der Waals surface area (Å²) in [4.78, 5) is 53.4. The fourth-order valence-electron chi connectivity index (χ4n) is 4.75. The van der Waals surface area contributed by atoms with Gasteiger partial charge in [-0.05, 0) is 57.7 Å². The van der Waals surface area contributed by atoms with Gasteiger partial charge in [-0.25, -0.2) is 9.98 Å². The van der Waals surface area contributed by atoms with Crippen LogP contribution in [0.25, 0.3) is 6.08 Å². The number of ether oxygens (including phenoxy) is 1. The molecule has 0 saturated carbocycles. The number of aromatic nitrogens is 3. The highest BCUT2D eigenvalue weighted by Crippen LogP contribution is 2.36. The lowest BCUT2D eigenvalue weighted by molar-refractivity contribution is -0.127. The smallest absolute Gasteiger partial charge is 0.271 e. The summed E-state index contributed by atoms with van der Waals surface area (Å²) in [5.74, 6) is 0.857. The molecule has 0 radical (unpaired) electrons. The van der Waals surface area contributed by atoms with Crippen LogP contribution < -0.4 is 25.2 Å². The number of benzene rings is 1. The molecule has 0 bridgehead atoms. The van der Waals surface area contributed by atoms with Crippen molar-refractivity contribution in [1.82, 2.24) is 19.4 Å². The Kier molecular flexibility index (Phi) is 8.13. The molecule has 0 spiro atoms. The molecule has 0 saturated heterocycles. The fraction of sp³-hybridized carbons (Fsp3) is 0.276. The van der Waals surface area contributed by atoms with Crippen LogP contribution in [0.1, 0.15) is 43.8 Å². The lowest BCUT2D eigenvalue weighted by atomic mass is 9.94. The molecule has 41 heavy (non-hydrogen) atoms. The summed E-state index contributed by atoms with van der Waals surface area (Å²) in [6.45, 7) is 8.45. The number of thiazole rings is 1. The number of carbonyl (C=O) groups is 1. The molecule has 0 unspecified atom stereocenters. The van der Waals surface area contributed by atoms with E-state index in [1.165, 1.54) is 29.2 Å². The summed E-state index contributed by atoms with van der Waals surface area (Å²) in [6, 6.07) is 11.6. The number of aryl methyl sites for hydroxylation is 1. The van der Waals surface area contributed by atoms with Gasteiger partial charge >= 0.3 is 0 Å². The van der Waals surface area contributed by atoms with E-state index in [4.69, 9.17) is 14.1 Å². The summed E-state index contributed by atoms with van der Waals surface area (Å²) in [5.41, 5.74) is 1.76. The van der Waals surface area contributed by atoms with E-state index >= 15 is 0 Å². The van der Waals surface area contributed by atoms with Gasteiger partial charge in [0.15, 0.2) is 15.1 Å². The monoisotopic (exact) mass is 591 g/mol. The molecule has 1 N–H and O–H groups in total. The molecular weight excluding hydrogens is 562 g/mol. The van der Waals surface area contributed by atoms with Gasteiger partial charge in [-0.3, -0.25) is 19.0 Å². The highest BCUT2D eigenvalue weighted by atomic mass is 32.2. The Labute approximate surface area is 243 Å². The number of hydrogen-bond donors (Lipinski definition) is 1. The Morgan fingerprint density at radius 1 is 1.20 bits per heavy atom. The highest BCUT2D eigenvalue weighted by molar-refractivity contribution is 7.99. The van der Waals surface area contributed by atoms with E-state index in [1.54, 1.807) is 48.6 Å². The van der Waals surface area contributed by atoms with Crippen molar-refractivity contribution in [3.8, 4) is 5.75 Å². The Morgan fingerprint density at radius 3 is 2.66 bits per heavy atom. The first-order chi connectivity index (χ1) is 19.7. The number of furan rings is 1. The third-order valence-electron chi connectivity index (χ3n) is 6.66. The number of nitrogens with zero attached hydrogens (tertiary/aromatic N) is 4. The van der Waals surface area contributed by atoms with E-state index in [-0.39, 0.29) is 17.0 Å². The Hall–Kier alpha value is -4.16. The quantitative estimate of drug-likeness (QED) is 0.312. The molecule has 212 valence electrons. The molecule has 10 nitrogen and oxygen atoms in total. The predicted molar refractivity (Wildman–Crippen MR) is 157 cm³/mol. The molecule has 3 aromatic heterocycles. The molecule has 4 heterocycles. The molecule has 1 aliphatic rings. The van der Waals surface area contributed by atoms with E-state index in [2.05, 4.69) is 9.97 Å². The molecule has 5 rings (SSSR count). The van der Waals surface area contributed by atoms with E-state index < -0.39 is 6.04 Å². The summed E-state index contributed by atoms with van der Waals surface area (Å²) >= 11 is 2.40. The summed E-state index contributed by atoms with van der Waals surface area (Å²) in [7, 11) is 1.57. The first-order valence-electron chi connectivity index (χ1n) is 13.0. The number of allylic oxidation sites excluding steroid dienone is 1. The predicted octanol–water partition coefficient (Wildman–Crippen LogP) is 3.25. The van der Waals surface area contributed by atoms with E-state index in [0.717, 1.165) is 0 Å². The van der Waals surface area contributed by atoms with Gasteiger partial charge in [0.25, 0.3) is 17.0 Å². The van der Waals surface area contributed by atoms with Crippen LogP contribution in [0.15, 0.2) is 83.0 Å². The van der Waals surface area contributed by atoms with Gasteiger partial charge < -0.3 is 19.0 Å². The Balaban J connectivity index is 1.61. The number of amides is 1. The van der Waals surface area contributed by atoms with Gasteiger partial charge in [0.1, 0.15) is 17.6 Å².